The SMILES string of the molecule is CCNc1ccc(Cl)nc1. The second-order valence-electron chi connectivity index (χ2n) is 1.90. The number of pyridine rings is 1. The van der Waals surface area contributed by atoms with E-state index in [0.717, 1.165) is 12.2 Å². The number of hydrogen-bond acceptors (Lipinski definition) is 2. The van der Waals surface area contributed by atoms with Crippen LogP contribution in [0.4, 0.5) is 5.69 Å². The van der Waals surface area contributed by atoms with Gasteiger partial charge in [-0.25, -0.2) is 4.98 Å². The predicted molar refractivity (Wildman–Crippen MR) is 43.4 cm³/mol. The molecule has 0 aromatic carbocycles. The highest BCUT2D eigenvalue weighted by molar-refractivity contribution is 6.29. The van der Waals surface area contributed by atoms with Gasteiger partial charge in [-0.3, -0.25) is 0 Å². The maximum absolute atomic E-state index is 5.57. The topological polar surface area (TPSA) is 24.9 Å². The van der Waals surface area contributed by atoms with Gasteiger partial charge in [-0.1, -0.05) is 11.6 Å². The van der Waals surface area contributed by atoms with Gasteiger partial charge in [0.25, 0.3) is 0 Å². The minimum absolute atomic E-state index is 0.529. The smallest absolute Gasteiger partial charge is 0.129 e. The van der Waals surface area contributed by atoms with E-state index in [4.69, 9.17) is 11.6 Å². The molecule has 0 amide bonds. The first kappa shape index (κ1) is 7.35. The Morgan fingerprint density at radius 1 is 1.60 bits per heavy atom. The molecule has 0 fully saturated rings. The number of hydrogen-bond donors (Lipinski definition) is 1. The number of halogens is 1. The molecular formula is C7H9ClN2. The van der Waals surface area contributed by atoms with Gasteiger partial charge >= 0.3 is 0 Å². The van der Waals surface area contributed by atoms with Crippen molar-refractivity contribution in [1.29, 1.82) is 0 Å². The Kier molecular flexibility index (Phi) is 2.51. The minimum atomic E-state index is 0.529. The minimum Gasteiger partial charge on any atom is -0.384 e. The first-order valence-electron chi connectivity index (χ1n) is 3.18. The molecular weight excluding hydrogens is 148 g/mol. The van der Waals surface area contributed by atoms with E-state index in [1.165, 1.54) is 0 Å². The van der Waals surface area contributed by atoms with Crippen molar-refractivity contribution in [1.82, 2.24) is 4.98 Å². The number of rotatable bonds is 2. The van der Waals surface area contributed by atoms with Gasteiger partial charge in [0.2, 0.25) is 0 Å². The molecule has 2 nitrogen and oxygen atoms in total. The fraction of sp³-hybridized carbons (Fsp3) is 0.286. The van der Waals surface area contributed by atoms with E-state index in [2.05, 4.69) is 10.3 Å². The van der Waals surface area contributed by atoms with Crippen LogP contribution in [0.1, 0.15) is 6.92 Å². The lowest BCUT2D eigenvalue weighted by atomic mass is 10.4. The summed E-state index contributed by atoms with van der Waals surface area (Å²) < 4.78 is 0. The molecule has 1 aromatic heterocycles. The Morgan fingerprint density at radius 2 is 2.40 bits per heavy atom. The van der Waals surface area contributed by atoms with Gasteiger partial charge in [0, 0.05) is 6.54 Å². The van der Waals surface area contributed by atoms with Crippen molar-refractivity contribution in [2.75, 3.05) is 11.9 Å². The van der Waals surface area contributed by atoms with E-state index in [1.807, 2.05) is 13.0 Å². The van der Waals surface area contributed by atoms with Crippen LogP contribution in [0.2, 0.25) is 5.15 Å². The van der Waals surface area contributed by atoms with Crippen molar-refractivity contribution in [2.24, 2.45) is 0 Å². The summed E-state index contributed by atoms with van der Waals surface area (Å²) in [7, 11) is 0. The summed E-state index contributed by atoms with van der Waals surface area (Å²) in [6.07, 6.45) is 1.71. The van der Waals surface area contributed by atoms with Crippen molar-refractivity contribution in [2.45, 2.75) is 6.92 Å². The van der Waals surface area contributed by atoms with Crippen molar-refractivity contribution < 1.29 is 0 Å². The second kappa shape index (κ2) is 3.42. The van der Waals surface area contributed by atoms with E-state index >= 15 is 0 Å². The number of nitrogens with one attached hydrogen (secondary N) is 1. The molecule has 0 atom stereocenters. The van der Waals surface area contributed by atoms with Crippen molar-refractivity contribution in [3.8, 4) is 0 Å². The summed E-state index contributed by atoms with van der Waals surface area (Å²) in [6, 6.07) is 3.67. The first-order chi connectivity index (χ1) is 4.83. The molecule has 0 aliphatic rings. The molecule has 1 aromatic rings. The molecule has 10 heavy (non-hydrogen) atoms. The molecule has 0 unspecified atom stereocenters. The van der Waals surface area contributed by atoms with Gasteiger partial charge in [0.1, 0.15) is 5.15 Å². The van der Waals surface area contributed by atoms with Crippen LogP contribution >= 0.6 is 11.6 Å². The van der Waals surface area contributed by atoms with Crippen LogP contribution in [0.15, 0.2) is 18.3 Å². The first-order valence-corrected chi connectivity index (χ1v) is 3.56. The van der Waals surface area contributed by atoms with E-state index < -0.39 is 0 Å². The van der Waals surface area contributed by atoms with Gasteiger partial charge in [0.15, 0.2) is 0 Å². The molecule has 0 aliphatic heterocycles. The number of nitrogens with zero attached hydrogens (tertiary/aromatic N) is 1. The summed E-state index contributed by atoms with van der Waals surface area (Å²) in [4.78, 5) is 3.90. The molecule has 0 spiro atoms. The molecule has 54 valence electrons. The zero-order valence-electron chi connectivity index (χ0n) is 5.76. The largest absolute Gasteiger partial charge is 0.384 e. The summed E-state index contributed by atoms with van der Waals surface area (Å²) in [5.41, 5.74) is 1.01. The van der Waals surface area contributed by atoms with Gasteiger partial charge < -0.3 is 5.32 Å². The highest BCUT2D eigenvalue weighted by Crippen LogP contribution is 2.08. The Balaban J connectivity index is 2.69. The second-order valence-corrected chi connectivity index (χ2v) is 2.29. The molecule has 0 saturated carbocycles. The van der Waals surface area contributed by atoms with Crippen molar-refractivity contribution in [3.05, 3.63) is 23.5 Å². The molecule has 0 saturated heterocycles. The molecule has 3 heteroatoms. The molecule has 0 radical (unpaired) electrons. The number of aromatic nitrogens is 1. The predicted octanol–water partition coefficient (Wildman–Crippen LogP) is 2.17. The van der Waals surface area contributed by atoms with E-state index in [-0.39, 0.29) is 0 Å². The average molecular weight is 157 g/mol. The summed E-state index contributed by atoms with van der Waals surface area (Å²) >= 11 is 5.57. The Labute approximate surface area is 65.2 Å². The van der Waals surface area contributed by atoms with Crippen LogP contribution in [0.25, 0.3) is 0 Å². The fourth-order valence-electron chi connectivity index (χ4n) is 0.685. The van der Waals surface area contributed by atoms with Gasteiger partial charge in [0.05, 0.1) is 11.9 Å². The lowest BCUT2D eigenvalue weighted by molar-refractivity contribution is 1.19. The van der Waals surface area contributed by atoms with E-state index in [1.54, 1.807) is 12.3 Å². The monoisotopic (exact) mass is 156 g/mol. The Bertz CT molecular complexity index is 195. The standard InChI is InChI=1S/C7H9ClN2/c1-2-9-6-3-4-7(8)10-5-6/h3-5,9H,2H2,1H3. The van der Waals surface area contributed by atoms with Crippen LogP contribution in [0.3, 0.4) is 0 Å². The summed E-state index contributed by atoms with van der Waals surface area (Å²) in [6.45, 7) is 2.94. The highest BCUT2D eigenvalue weighted by Gasteiger charge is 1.88. The Hall–Kier alpha value is -0.760. The lowest BCUT2D eigenvalue weighted by Gasteiger charge is -1.99. The van der Waals surface area contributed by atoms with Crippen LogP contribution in [0, 0.1) is 0 Å². The normalized spacial score (nSPS) is 9.40. The maximum Gasteiger partial charge on any atom is 0.129 e. The van der Waals surface area contributed by atoms with Gasteiger partial charge in [-0.2, -0.15) is 0 Å². The summed E-state index contributed by atoms with van der Waals surface area (Å²) in [5, 5.41) is 3.64. The highest BCUT2D eigenvalue weighted by atomic mass is 35.5. The van der Waals surface area contributed by atoms with Crippen LogP contribution < -0.4 is 5.32 Å². The lowest BCUT2D eigenvalue weighted by Crippen LogP contribution is -1.95. The average Bonchev–Trinajstić information content (AvgIpc) is 1.95. The van der Waals surface area contributed by atoms with E-state index in [9.17, 15) is 0 Å². The zero-order chi connectivity index (χ0) is 7.40. The molecule has 0 aliphatic carbocycles. The third kappa shape index (κ3) is 1.88. The molecule has 1 heterocycles. The molecule has 0 bridgehead atoms. The molecule has 1 N–H and O–H groups in total. The van der Waals surface area contributed by atoms with Crippen molar-refractivity contribution in [3.63, 3.8) is 0 Å². The molecule has 1 rings (SSSR count). The third-order valence-corrected chi connectivity index (χ3v) is 1.33. The van der Waals surface area contributed by atoms with Gasteiger partial charge in [-0.05, 0) is 19.1 Å². The van der Waals surface area contributed by atoms with Crippen molar-refractivity contribution >= 4 is 17.3 Å². The van der Waals surface area contributed by atoms with E-state index in [0.29, 0.717) is 5.15 Å². The maximum atomic E-state index is 5.57. The quantitative estimate of drug-likeness (QED) is 0.664. The number of anilines is 1. The third-order valence-electron chi connectivity index (χ3n) is 1.11. The fourth-order valence-corrected chi connectivity index (χ4v) is 0.796. The van der Waals surface area contributed by atoms with Crippen LogP contribution in [-0.2, 0) is 0 Å². The summed E-state index contributed by atoms with van der Waals surface area (Å²) in [5.74, 6) is 0. The Morgan fingerprint density at radius 3 is 2.90 bits per heavy atom. The van der Waals surface area contributed by atoms with Crippen LogP contribution in [0.5, 0.6) is 0 Å². The van der Waals surface area contributed by atoms with Gasteiger partial charge in [-0.15, -0.1) is 0 Å². The zero-order valence-corrected chi connectivity index (χ0v) is 6.52. The van der Waals surface area contributed by atoms with Crippen LogP contribution in [-0.4, -0.2) is 11.5 Å².